The first-order valence-electron chi connectivity index (χ1n) is 6.20. The predicted molar refractivity (Wildman–Crippen MR) is 75.0 cm³/mol. The van der Waals surface area contributed by atoms with Crippen LogP contribution in [-0.4, -0.2) is 12.5 Å². The minimum absolute atomic E-state index is 0.251. The Morgan fingerprint density at radius 2 is 1.82 bits per heavy atom. The van der Waals surface area contributed by atoms with Crippen molar-refractivity contribution in [1.82, 2.24) is 0 Å². The Bertz CT molecular complexity index is 327. The molecule has 0 radical (unpaired) electrons. The van der Waals surface area contributed by atoms with Gasteiger partial charge >= 0.3 is 0 Å². The van der Waals surface area contributed by atoms with Gasteiger partial charge in [0.1, 0.15) is 5.75 Å². The molecule has 1 atom stereocenters. The van der Waals surface area contributed by atoms with Crippen molar-refractivity contribution < 1.29 is 4.74 Å². The lowest BCUT2D eigenvalue weighted by atomic mass is 9.82. The highest BCUT2D eigenvalue weighted by atomic mass is 35.5. The molecule has 0 amide bonds. The largest absolute Gasteiger partial charge is 0.497 e. The van der Waals surface area contributed by atoms with Crippen LogP contribution < -0.4 is 4.74 Å². The van der Waals surface area contributed by atoms with Crippen LogP contribution in [-0.2, 0) is 6.42 Å². The van der Waals surface area contributed by atoms with Crippen LogP contribution in [0.1, 0.15) is 39.2 Å². The first-order valence-corrected chi connectivity index (χ1v) is 6.63. The summed E-state index contributed by atoms with van der Waals surface area (Å²) in [5.74, 6) is 0.919. The molecule has 0 N–H and O–H groups in total. The number of rotatable bonds is 6. The molecule has 1 rings (SSSR count). The van der Waals surface area contributed by atoms with Crippen LogP contribution in [0.2, 0.25) is 0 Å². The summed E-state index contributed by atoms with van der Waals surface area (Å²) in [6, 6.07) is 8.32. The fraction of sp³-hybridized carbons (Fsp3) is 0.600. The van der Waals surface area contributed by atoms with Gasteiger partial charge in [0.2, 0.25) is 0 Å². The summed E-state index contributed by atoms with van der Waals surface area (Å²) in [5.41, 5.74) is 1.67. The molecule has 2 heteroatoms. The van der Waals surface area contributed by atoms with E-state index in [0.717, 1.165) is 25.0 Å². The molecular formula is C15H23ClO. The first kappa shape index (κ1) is 14.4. The van der Waals surface area contributed by atoms with Crippen LogP contribution in [0.4, 0.5) is 0 Å². The van der Waals surface area contributed by atoms with Crippen molar-refractivity contribution in [2.75, 3.05) is 7.11 Å². The highest BCUT2D eigenvalue weighted by Gasteiger charge is 2.19. The third-order valence-corrected chi connectivity index (χ3v) is 3.24. The van der Waals surface area contributed by atoms with E-state index < -0.39 is 0 Å². The lowest BCUT2D eigenvalue weighted by Crippen LogP contribution is -2.16. The average Bonchev–Trinajstić information content (AvgIpc) is 2.25. The van der Waals surface area contributed by atoms with Gasteiger partial charge < -0.3 is 4.74 Å². The minimum Gasteiger partial charge on any atom is -0.497 e. The third kappa shape index (κ3) is 5.45. The van der Waals surface area contributed by atoms with E-state index in [-0.39, 0.29) is 5.38 Å². The number of benzene rings is 1. The molecule has 1 aromatic carbocycles. The molecule has 0 saturated heterocycles. The van der Waals surface area contributed by atoms with Gasteiger partial charge in [0.05, 0.1) is 7.11 Å². The third-order valence-electron chi connectivity index (χ3n) is 3.08. The molecule has 1 unspecified atom stereocenters. The molecule has 0 aliphatic rings. The molecular weight excluding hydrogens is 232 g/mol. The highest BCUT2D eigenvalue weighted by Crippen LogP contribution is 2.30. The summed E-state index contributed by atoms with van der Waals surface area (Å²) in [5, 5.41) is 0.251. The van der Waals surface area contributed by atoms with Gasteiger partial charge in [-0.25, -0.2) is 0 Å². The summed E-state index contributed by atoms with van der Waals surface area (Å²) in [7, 11) is 1.69. The second-order valence-corrected chi connectivity index (χ2v) is 6.24. The molecule has 0 bridgehead atoms. The number of hydrogen-bond donors (Lipinski definition) is 0. The van der Waals surface area contributed by atoms with Gasteiger partial charge in [0.25, 0.3) is 0 Å². The van der Waals surface area contributed by atoms with Gasteiger partial charge in [-0.05, 0) is 49.3 Å². The van der Waals surface area contributed by atoms with Crippen LogP contribution in [0, 0.1) is 5.41 Å². The summed E-state index contributed by atoms with van der Waals surface area (Å²) in [6.45, 7) is 6.64. The SMILES string of the molecule is COc1ccc(CCC(C)(C)CC(C)Cl)cc1. The number of methoxy groups -OCH3 is 1. The normalized spacial score (nSPS) is 13.5. The van der Waals surface area contributed by atoms with E-state index in [4.69, 9.17) is 16.3 Å². The van der Waals surface area contributed by atoms with E-state index >= 15 is 0 Å². The van der Waals surface area contributed by atoms with Gasteiger partial charge in [-0.1, -0.05) is 26.0 Å². The fourth-order valence-corrected chi connectivity index (χ4v) is 2.56. The molecule has 96 valence electrons. The van der Waals surface area contributed by atoms with E-state index in [9.17, 15) is 0 Å². The summed E-state index contributed by atoms with van der Waals surface area (Å²) >= 11 is 6.07. The molecule has 0 spiro atoms. The zero-order valence-electron chi connectivity index (χ0n) is 11.3. The Kier molecular flexibility index (Phi) is 5.32. The van der Waals surface area contributed by atoms with Gasteiger partial charge in [-0.15, -0.1) is 11.6 Å². The number of halogens is 1. The molecule has 1 nitrogen and oxygen atoms in total. The topological polar surface area (TPSA) is 9.23 Å². The predicted octanol–water partition coefficient (Wildman–Crippen LogP) is 4.67. The lowest BCUT2D eigenvalue weighted by molar-refractivity contribution is 0.307. The van der Waals surface area contributed by atoms with E-state index in [0.29, 0.717) is 5.41 Å². The standard InChI is InChI=1S/C15H23ClO/c1-12(16)11-15(2,3)10-9-13-5-7-14(17-4)8-6-13/h5-8,12H,9-11H2,1-4H3. The molecule has 0 saturated carbocycles. The van der Waals surface area contributed by atoms with Gasteiger partial charge in [0, 0.05) is 5.38 Å². The fourth-order valence-electron chi connectivity index (χ4n) is 2.14. The van der Waals surface area contributed by atoms with E-state index in [1.54, 1.807) is 7.11 Å². The van der Waals surface area contributed by atoms with Crippen LogP contribution >= 0.6 is 11.6 Å². The molecule has 1 aromatic rings. The Labute approximate surface area is 110 Å². The highest BCUT2D eigenvalue weighted by molar-refractivity contribution is 6.20. The van der Waals surface area contributed by atoms with Crippen molar-refractivity contribution >= 4 is 11.6 Å². The molecule has 0 aliphatic heterocycles. The molecule has 0 aliphatic carbocycles. The van der Waals surface area contributed by atoms with E-state index in [2.05, 4.69) is 32.9 Å². The van der Waals surface area contributed by atoms with Gasteiger partial charge in [0.15, 0.2) is 0 Å². The first-order chi connectivity index (χ1) is 7.93. The number of aryl methyl sites for hydroxylation is 1. The summed E-state index contributed by atoms with van der Waals surface area (Å²) in [4.78, 5) is 0. The Hall–Kier alpha value is -0.690. The number of alkyl halides is 1. The second-order valence-electron chi connectivity index (χ2n) is 5.50. The zero-order chi connectivity index (χ0) is 12.9. The van der Waals surface area contributed by atoms with Crippen LogP contribution in [0.15, 0.2) is 24.3 Å². The van der Waals surface area contributed by atoms with E-state index in [1.165, 1.54) is 5.56 Å². The Balaban J connectivity index is 2.48. The Morgan fingerprint density at radius 1 is 1.24 bits per heavy atom. The lowest BCUT2D eigenvalue weighted by Gasteiger charge is -2.25. The van der Waals surface area contributed by atoms with Crippen molar-refractivity contribution in [2.24, 2.45) is 5.41 Å². The molecule has 0 fully saturated rings. The second kappa shape index (κ2) is 6.30. The summed E-state index contributed by atoms with van der Waals surface area (Å²) in [6.07, 6.45) is 3.32. The molecule has 0 aromatic heterocycles. The number of hydrogen-bond acceptors (Lipinski definition) is 1. The smallest absolute Gasteiger partial charge is 0.118 e. The van der Waals surface area contributed by atoms with Crippen molar-refractivity contribution in [1.29, 1.82) is 0 Å². The van der Waals surface area contributed by atoms with Gasteiger partial charge in [-0.2, -0.15) is 0 Å². The Morgan fingerprint density at radius 3 is 2.29 bits per heavy atom. The maximum atomic E-state index is 6.07. The van der Waals surface area contributed by atoms with Crippen molar-refractivity contribution in [3.8, 4) is 5.75 Å². The van der Waals surface area contributed by atoms with Crippen molar-refractivity contribution in [3.05, 3.63) is 29.8 Å². The monoisotopic (exact) mass is 254 g/mol. The average molecular weight is 255 g/mol. The molecule has 0 heterocycles. The maximum absolute atomic E-state index is 6.07. The summed E-state index contributed by atoms with van der Waals surface area (Å²) < 4.78 is 5.15. The number of ether oxygens (including phenoxy) is 1. The van der Waals surface area contributed by atoms with Crippen molar-refractivity contribution in [2.45, 2.75) is 45.4 Å². The van der Waals surface area contributed by atoms with Gasteiger partial charge in [-0.3, -0.25) is 0 Å². The quantitative estimate of drug-likeness (QED) is 0.671. The minimum atomic E-state index is 0.251. The maximum Gasteiger partial charge on any atom is 0.118 e. The van der Waals surface area contributed by atoms with E-state index in [1.807, 2.05) is 12.1 Å². The molecule has 17 heavy (non-hydrogen) atoms. The zero-order valence-corrected chi connectivity index (χ0v) is 12.1. The van der Waals surface area contributed by atoms with Crippen molar-refractivity contribution in [3.63, 3.8) is 0 Å². The van der Waals surface area contributed by atoms with Crippen LogP contribution in [0.3, 0.4) is 0 Å². The van der Waals surface area contributed by atoms with Crippen LogP contribution in [0.5, 0.6) is 5.75 Å². The van der Waals surface area contributed by atoms with Crippen LogP contribution in [0.25, 0.3) is 0 Å².